The molecule has 0 saturated carbocycles. The molecule has 0 aromatic heterocycles. The first-order valence-electron chi connectivity index (χ1n) is 6.84. The highest BCUT2D eigenvalue weighted by Crippen LogP contribution is 2.31. The van der Waals surface area contributed by atoms with Crippen molar-refractivity contribution in [3.8, 4) is 0 Å². The number of hydrogen-bond donors (Lipinski definition) is 1. The summed E-state index contributed by atoms with van der Waals surface area (Å²) >= 11 is 3.67. The van der Waals surface area contributed by atoms with Crippen LogP contribution in [0.15, 0.2) is 22.7 Å². The number of rotatable bonds is 4. The Labute approximate surface area is 124 Å². The van der Waals surface area contributed by atoms with Gasteiger partial charge in [0.05, 0.1) is 6.10 Å². The Morgan fingerprint density at radius 2 is 2.26 bits per heavy atom. The zero-order valence-corrected chi connectivity index (χ0v) is 13.5. The van der Waals surface area contributed by atoms with Crippen molar-refractivity contribution >= 4 is 15.9 Å². The molecule has 1 aliphatic rings. The second kappa shape index (κ2) is 6.35. The second-order valence-corrected chi connectivity index (χ2v) is 6.23. The summed E-state index contributed by atoms with van der Waals surface area (Å²) in [6.07, 6.45) is 1.36. The van der Waals surface area contributed by atoms with Crippen molar-refractivity contribution in [2.24, 2.45) is 5.73 Å². The minimum Gasteiger partial charge on any atom is -0.377 e. The molecule has 0 amide bonds. The van der Waals surface area contributed by atoms with Crippen molar-refractivity contribution in [2.45, 2.75) is 38.5 Å². The molecule has 106 valence electrons. The molecule has 1 heterocycles. The molecule has 1 fully saturated rings. The van der Waals surface area contributed by atoms with Crippen molar-refractivity contribution in [1.82, 2.24) is 4.90 Å². The Morgan fingerprint density at radius 3 is 2.79 bits per heavy atom. The monoisotopic (exact) mass is 326 g/mol. The molecule has 1 saturated heterocycles. The lowest BCUT2D eigenvalue weighted by atomic mass is 10.0. The molecule has 1 aromatic carbocycles. The van der Waals surface area contributed by atoms with E-state index in [2.05, 4.69) is 59.9 Å². The maximum atomic E-state index is 6.02. The van der Waals surface area contributed by atoms with E-state index in [0.29, 0.717) is 12.6 Å². The average Bonchev–Trinajstić information content (AvgIpc) is 2.78. The van der Waals surface area contributed by atoms with Gasteiger partial charge in [-0.05, 0) is 44.5 Å². The maximum Gasteiger partial charge on any atom is 0.0703 e. The predicted octanol–water partition coefficient (Wildman–Crippen LogP) is 2.87. The number of nitrogens with zero attached hydrogens (tertiary/aromatic N) is 1. The summed E-state index contributed by atoms with van der Waals surface area (Å²) < 4.78 is 6.81. The summed E-state index contributed by atoms with van der Waals surface area (Å²) in [5.74, 6) is 0. The minimum atomic E-state index is 0.226. The first-order chi connectivity index (χ1) is 9.04. The van der Waals surface area contributed by atoms with Gasteiger partial charge in [0.2, 0.25) is 0 Å². The van der Waals surface area contributed by atoms with Crippen LogP contribution in [-0.2, 0) is 4.74 Å². The molecular weight excluding hydrogens is 304 g/mol. The summed E-state index contributed by atoms with van der Waals surface area (Å²) in [5, 5.41) is 0. The molecule has 4 heteroatoms. The Bertz CT molecular complexity index is 438. The quantitative estimate of drug-likeness (QED) is 0.924. The fourth-order valence-corrected chi connectivity index (χ4v) is 3.66. The molecule has 1 aliphatic heterocycles. The average molecular weight is 327 g/mol. The highest BCUT2D eigenvalue weighted by atomic mass is 79.9. The summed E-state index contributed by atoms with van der Waals surface area (Å²) in [4.78, 5) is 2.37. The van der Waals surface area contributed by atoms with Gasteiger partial charge in [-0.15, -0.1) is 0 Å². The van der Waals surface area contributed by atoms with E-state index in [-0.39, 0.29) is 12.1 Å². The van der Waals surface area contributed by atoms with Gasteiger partial charge in [0.15, 0.2) is 0 Å². The van der Waals surface area contributed by atoms with Crippen LogP contribution in [0.4, 0.5) is 0 Å². The molecule has 19 heavy (non-hydrogen) atoms. The van der Waals surface area contributed by atoms with Crippen molar-refractivity contribution < 1.29 is 4.74 Å². The Kier molecular flexibility index (Phi) is 5.01. The Morgan fingerprint density at radius 1 is 1.53 bits per heavy atom. The normalized spacial score (nSPS) is 24.9. The molecule has 1 aromatic rings. The van der Waals surface area contributed by atoms with E-state index in [1.165, 1.54) is 11.1 Å². The topological polar surface area (TPSA) is 38.5 Å². The third kappa shape index (κ3) is 3.19. The molecular formula is C15H23BrN2O. The molecule has 2 rings (SSSR count). The summed E-state index contributed by atoms with van der Waals surface area (Å²) in [7, 11) is 2.15. The highest BCUT2D eigenvalue weighted by molar-refractivity contribution is 9.10. The Hall–Kier alpha value is -0.420. The van der Waals surface area contributed by atoms with Crippen LogP contribution in [0.2, 0.25) is 0 Å². The van der Waals surface area contributed by atoms with Gasteiger partial charge in [-0.3, -0.25) is 4.90 Å². The number of aryl methyl sites for hydroxylation is 1. The second-order valence-electron chi connectivity index (χ2n) is 5.37. The molecule has 0 spiro atoms. The van der Waals surface area contributed by atoms with Gasteiger partial charge in [0, 0.05) is 29.7 Å². The smallest absolute Gasteiger partial charge is 0.0703 e. The molecule has 3 atom stereocenters. The fourth-order valence-electron chi connectivity index (χ4n) is 2.90. The van der Waals surface area contributed by atoms with E-state index in [0.717, 1.165) is 17.5 Å². The molecule has 3 nitrogen and oxygen atoms in total. The summed E-state index contributed by atoms with van der Waals surface area (Å²) in [6.45, 7) is 5.71. The molecule has 0 aliphatic carbocycles. The largest absolute Gasteiger partial charge is 0.377 e. The minimum absolute atomic E-state index is 0.226. The van der Waals surface area contributed by atoms with Crippen molar-refractivity contribution in [1.29, 1.82) is 0 Å². The van der Waals surface area contributed by atoms with Crippen LogP contribution in [0.5, 0.6) is 0 Å². The van der Waals surface area contributed by atoms with Crippen LogP contribution in [0.1, 0.15) is 30.5 Å². The van der Waals surface area contributed by atoms with Gasteiger partial charge in [0.1, 0.15) is 0 Å². The lowest BCUT2D eigenvalue weighted by Crippen LogP contribution is -2.42. The molecule has 3 unspecified atom stereocenters. The lowest BCUT2D eigenvalue weighted by Gasteiger charge is -2.34. The van der Waals surface area contributed by atoms with Gasteiger partial charge >= 0.3 is 0 Å². The van der Waals surface area contributed by atoms with Crippen molar-refractivity contribution in [3.05, 3.63) is 33.8 Å². The van der Waals surface area contributed by atoms with E-state index < -0.39 is 0 Å². The van der Waals surface area contributed by atoms with Gasteiger partial charge in [-0.2, -0.15) is 0 Å². The van der Waals surface area contributed by atoms with Gasteiger partial charge in [-0.25, -0.2) is 0 Å². The fraction of sp³-hybridized carbons (Fsp3) is 0.600. The summed E-state index contributed by atoms with van der Waals surface area (Å²) in [5.41, 5.74) is 8.54. The van der Waals surface area contributed by atoms with Crippen LogP contribution >= 0.6 is 15.9 Å². The first-order valence-corrected chi connectivity index (χ1v) is 7.63. The van der Waals surface area contributed by atoms with Gasteiger partial charge in [-0.1, -0.05) is 28.1 Å². The molecule has 0 bridgehead atoms. The van der Waals surface area contributed by atoms with Crippen LogP contribution < -0.4 is 5.73 Å². The Balaban J connectivity index is 2.23. The third-order valence-corrected chi connectivity index (χ3v) is 4.78. The lowest BCUT2D eigenvalue weighted by molar-refractivity contribution is 0.0685. The van der Waals surface area contributed by atoms with E-state index in [1.807, 2.05) is 0 Å². The van der Waals surface area contributed by atoms with E-state index in [9.17, 15) is 0 Å². The van der Waals surface area contributed by atoms with Crippen LogP contribution in [0.25, 0.3) is 0 Å². The van der Waals surface area contributed by atoms with Gasteiger partial charge in [0.25, 0.3) is 0 Å². The number of nitrogens with two attached hydrogens (primary N) is 1. The van der Waals surface area contributed by atoms with Crippen LogP contribution in [-0.4, -0.2) is 37.2 Å². The number of benzene rings is 1. The highest BCUT2D eigenvalue weighted by Gasteiger charge is 2.32. The zero-order valence-electron chi connectivity index (χ0n) is 11.9. The number of hydrogen-bond acceptors (Lipinski definition) is 3. The van der Waals surface area contributed by atoms with E-state index >= 15 is 0 Å². The predicted molar refractivity (Wildman–Crippen MR) is 82.3 cm³/mol. The van der Waals surface area contributed by atoms with Crippen molar-refractivity contribution in [2.75, 3.05) is 20.2 Å². The van der Waals surface area contributed by atoms with Crippen LogP contribution in [0, 0.1) is 6.92 Å². The van der Waals surface area contributed by atoms with Gasteiger partial charge < -0.3 is 10.5 Å². The van der Waals surface area contributed by atoms with Crippen LogP contribution in [0.3, 0.4) is 0 Å². The molecule has 0 radical (unpaired) electrons. The first kappa shape index (κ1) is 15.0. The van der Waals surface area contributed by atoms with E-state index in [1.54, 1.807) is 0 Å². The SMILES string of the molecule is Cc1ccc(C(CN)N(C)C2CCOC2C)c(Br)c1. The maximum absolute atomic E-state index is 6.02. The molecule has 2 N–H and O–H groups in total. The number of likely N-dealkylation sites (N-methyl/N-ethyl adjacent to an activating group) is 1. The number of ether oxygens (including phenoxy) is 1. The summed E-state index contributed by atoms with van der Waals surface area (Å²) in [6, 6.07) is 7.14. The number of halogens is 1. The zero-order chi connectivity index (χ0) is 14.0. The van der Waals surface area contributed by atoms with E-state index in [4.69, 9.17) is 10.5 Å². The van der Waals surface area contributed by atoms with Crippen molar-refractivity contribution in [3.63, 3.8) is 0 Å². The standard InChI is InChI=1S/C15H23BrN2O/c1-10-4-5-12(13(16)8-10)15(9-17)18(3)14-6-7-19-11(14)2/h4-5,8,11,14-15H,6-7,9,17H2,1-3H3. The third-order valence-electron chi connectivity index (χ3n) is 4.09.